The van der Waals surface area contributed by atoms with E-state index in [0.717, 1.165) is 30.5 Å². The minimum Gasteiger partial charge on any atom is -0.355 e. The van der Waals surface area contributed by atoms with Gasteiger partial charge in [-0.15, -0.1) is 0 Å². The summed E-state index contributed by atoms with van der Waals surface area (Å²) in [6.07, 6.45) is 2.37. The molecular formula is C16H23N3. The number of pyridine rings is 1. The molecule has 0 bridgehead atoms. The molecule has 2 rings (SSSR count). The van der Waals surface area contributed by atoms with Crippen molar-refractivity contribution in [2.24, 2.45) is 5.92 Å². The first-order valence-electron chi connectivity index (χ1n) is 7.08. The van der Waals surface area contributed by atoms with E-state index in [0.29, 0.717) is 5.56 Å². The van der Waals surface area contributed by atoms with Gasteiger partial charge in [-0.1, -0.05) is 27.7 Å². The van der Waals surface area contributed by atoms with E-state index in [4.69, 9.17) is 4.98 Å². The lowest BCUT2D eigenvalue weighted by atomic mass is 9.91. The van der Waals surface area contributed by atoms with Crippen LogP contribution in [-0.2, 0) is 5.41 Å². The zero-order valence-corrected chi connectivity index (χ0v) is 12.4. The zero-order chi connectivity index (χ0) is 14.0. The largest absolute Gasteiger partial charge is 0.355 e. The fourth-order valence-corrected chi connectivity index (χ4v) is 2.41. The molecule has 0 aliphatic carbocycles. The Balaban J connectivity index is 2.35. The first kappa shape index (κ1) is 13.9. The van der Waals surface area contributed by atoms with Crippen molar-refractivity contribution in [2.45, 2.75) is 46.0 Å². The number of piperidine rings is 1. The summed E-state index contributed by atoms with van der Waals surface area (Å²) < 4.78 is 0. The Morgan fingerprint density at radius 1 is 1.26 bits per heavy atom. The number of hydrogen-bond acceptors (Lipinski definition) is 3. The van der Waals surface area contributed by atoms with Gasteiger partial charge >= 0.3 is 0 Å². The van der Waals surface area contributed by atoms with Crippen LogP contribution in [0.1, 0.15) is 51.8 Å². The van der Waals surface area contributed by atoms with Gasteiger partial charge in [-0.2, -0.15) is 5.26 Å². The highest BCUT2D eigenvalue weighted by Crippen LogP contribution is 2.28. The quantitative estimate of drug-likeness (QED) is 0.773. The molecule has 2 heterocycles. The summed E-state index contributed by atoms with van der Waals surface area (Å²) in [5, 5.41) is 9.28. The standard InChI is InChI=1S/C16H23N3/c1-12-7-9-19(10-8-12)15-13(11-17)5-6-14(18-15)16(2,3)4/h5-6,12H,7-10H2,1-4H3. The highest BCUT2D eigenvalue weighted by Gasteiger charge is 2.22. The van der Waals surface area contributed by atoms with Gasteiger partial charge in [0.05, 0.1) is 5.56 Å². The summed E-state index contributed by atoms with van der Waals surface area (Å²) >= 11 is 0. The van der Waals surface area contributed by atoms with Crippen LogP contribution in [0.25, 0.3) is 0 Å². The van der Waals surface area contributed by atoms with Crippen molar-refractivity contribution in [1.29, 1.82) is 5.26 Å². The molecule has 1 saturated heterocycles. The Hall–Kier alpha value is -1.56. The summed E-state index contributed by atoms with van der Waals surface area (Å²) in [7, 11) is 0. The number of nitriles is 1. The van der Waals surface area contributed by atoms with Gasteiger partial charge in [0.25, 0.3) is 0 Å². The van der Waals surface area contributed by atoms with Gasteiger partial charge in [0.2, 0.25) is 0 Å². The number of nitrogens with zero attached hydrogens (tertiary/aromatic N) is 3. The van der Waals surface area contributed by atoms with E-state index >= 15 is 0 Å². The van der Waals surface area contributed by atoms with Gasteiger partial charge in [0.15, 0.2) is 0 Å². The predicted molar refractivity (Wildman–Crippen MR) is 78.3 cm³/mol. The van der Waals surface area contributed by atoms with E-state index < -0.39 is 0 Å². The van der Waals surface area contributed by atoms with Crippen molar-refractivity contribution in [3.05, 3.63) is 23.4 Å². The van der Waals surface area contributed by atoms with E-state index in [1.807, 2.05) is 12.1 Å². The molecule has 1 aliphatic rings. The third-order valence-corrected chi connectivity index (χ3v) is 3.85. The maximum Gasteiger partial charge on any atom is 0.146 e. The van der Waals surface area contributed by atoms with Crippen molar-refractivity contribution in [1.82, 2.24) is 4.98 Å². The highest BCUT2D eigenvalue weighted by molar-refractivity contribution is 5.55. The summed E-state index contributed by atoms with van der Waals surface area (Å²) in [6.45, 7) is 10.8. The number of anilines is 1. The van der Waals surface area contributed by atoms with Gasteiger partial charge in [-0.3, -0.25) is 0 Å². The zero-order valence-electron chi connectivity index (χ0n) is 12.4. The van der Waals surface area contributed by atoms with Crippen LogP contribution in [0.4, 0.5) is 5.82 Å². The molecule has 1 aromatic heterocycles. The molecule has 0 amide bonds. The SMILES string of the molecule is CC1CCN(c2nc(C(C)(C)C)ccc2C#N)CC1. The maximum atomic E-state index is 9.28. The van der Waals surface area contributed by atoms with Crippen LogP contribution < -0.4 is 4.90 Å². The second-order valence-corrected chi connectivity index (χ2v) is 6.60. The molecule has 0 unspecified atom stereocenters. The molecule has 0 N–H and O–H groups in total. The van der Waals surface area contributed by atoms with Crippen molar-refractivity contribution < 1.29 is 0 Å². The Labute approximate surface area is 116 Å². The molecule has 0 radical (unpaired) electrons. The van der Waals surface area contributed by atoms with Crippen LogP contribution in [0.5, 0.6) is 0 Å². The van der Waals surface area contributed by atoms with Crippen LogP contribution in [0, 0.1) is 17.2 Å². The van der Waals surface area contributed by atoms with Crippen LogP contribution >= 0.6 is 0 Å². The summed E-state index contributed by atoms with van der Waals surface area (Å²) in [5.41, 5.74) is 1.77. The van der Waals surface area contributed by atoms with E-state index in [1.54, 1.807) is 0 Å². The number of aromatic nitrogens is 1. The Morgan fingerprint density at radius 2 is 1.89 bits per heavy atom. The van der Waals surface area contributed by atoms with E-state index in [2.05, 4.69) is 38.7 Å². The van der Waals surface area contributed by atoms with Gasteiger partial charge in [0, 0.05) is 24.2 Å². The van der Waals surface area contributed by atoms with Gasteiger partial charge in [0.1, 0.15) is 11.9 Å². The second kappa shape index (κ2) is 5.21. The Bertz CT molecular complexity index is 486. The molecule has 102 valence electrons. The molecule has 3 nitrogen and oxygen atoms in total. The van der Waals surface area contributed by atoms with Crippen LogP contribution in [0.15, 0.2) is 12.1 Å². The Morgan fingerprint density at radius 3 is 2.42 bits per heavy atom. The predicted octanol–water partition coefficient (Wildman–Crippen LogP) is 3.49. The lowest BCUT2D eigenvalue weighted by Crippen LogP contribution is -2.34. The Kier molecular flexibility index (Phi) is 3.80. The molecule has 0 saturated carbocycles. The third kappa shape index (κ3) is 3.07. The first-order chi connectivity index (χ1) is 8.91. The monoisotopic (exact) mass is 257 g/mol. The average molecular weight is 257 g/mol. The molecular weight excluding hydrogens is 234 g/mol. The van der Waals surface area contributed by atoms with Gasteiger partial charge in [-0.05, 0) is 30.9 Å². The number of hydrogen-bond donors (Lipinski definition) is 0. The molecule has 0 atom stereocenters. The van der Waals surface area contributed by atoms with Crippen LogP contribution in [-0.4, -0.2) is 18.1 Å². The lowest BCUT2D eigenvalue weighted by molar-refractivity contribution is 0.435. The van der Waals surface area contributed by atoms with Gasteiger partial charge in [-0.25, -0.2) is 4.98 Å². The normalized spacial score (nSPS) is 17.3. The molecule has 0 spiro atoms. The van der Waals surface area contributed by atoms with E-state index in [9.17, 15) is 5.26 Å². The average Bonchev–Trinajstić information content (AvgIpc) is 2.38. The summed E-state index contributed by atoms with van der Waals surface area (Å²) in [4.78, 5) is 7.04. The van der Waals surface area contributed by atoms with Crippen molar-refractivity contribution >= 4 is 5.82 Å². The highest BCUT2D eigenvalue weighted by atomic mass is 15.2. The van der Waals surface area contributed by atoms with Crippen molar-refractivity contribution in [3.8, 4) is 6.07 Å². The smallest absolute Gasteiger partial charge is 0.146 e. The lowest BCUT2D eigenvalue weighted by Gasteiger charge is -2.32. The fourth-order valence-electron chi connectivity index (χ4n) is 2.41. The minimum absolute atomic E-state index is 0.0197. The topological polar surface area (TPSA) is 39.9 Å². The molecule has 1 fully saturated rings. The fraction of sp³-hybridized carbons (Fsp3) is 0.625. The summed E-state index contributed by atoms with van der Waals surface area (Å²) in [6, 6.07) is 6.18. The molecule has 1 aliphatic heterocycles. The van der Waals surface area contributed by atoms with Crippen molar-refractivity contribution in [3.63, 3.8) is 0 Å². The van der Waals surface area contributed by atoms with E-state index in [1.165, 1.54) is 12.8 Å². The second-order valence-electron chi connectivity index (χ2n) is 6.60. The number of rotatable bonds is 1. The van der Waals surface area contributed by atoms with Crippen LogP contribution in [0.2, 0.25) is 0 Å². The van der Waals surface area contributed by atoms with Crippen molar-refractivity contribution in [2.75, 3.05) is 18.0 Å². The molecule has 3 heteroatoms. The first-order valence-corrected chi connectivity index (χ1v) is 7.08. The van der Waals surface area contributed by atoms with Crippen LogP contribution in [0.3, 0.4) is 0 Å². The molecule has 0 aromatic carbocycles. The maximum absolute atomic E-state index is 9.28. The minimum atomic E-state index is 0.0197. The van der Waals surface area contributed by atoms with E-state index in [-0.39, 0.29) is 5.41 Å². The summed E-state index contributed by atoms with van der Waals surface area (Å²) in [5.74, 6) is 1.66. The third-order valence-electron chi connectivity index (χ3n) is 3.85. The molecule has 19 heavy (non-hydrogen) atoms. The molecule has 1 aromatic rings. The van der Waals surface area contributed by atoms with Gasteiger partial charge < -0.3 is 4.90 Å².